The normalized spacial score (nSPS) is 16.4. The van der Waals surface area contributed by atoms with E-state index in [2.05, 4.69) is 20.5 Å². The van der Waals surface area contributed by atoms with Gasteiger partial charge in [-0.05, 0) is 11.6 Å². The number of anilines is 1. The second kappa shape index (κ2) is 10.8. The van der Waals surface area contributed by atoms with E-state index in [0.717, 1.165) is 25.2 Å². The Morgan fingerprint density at radius 2 is 1.97 bits per heavy atom. The molecule has 2 N–H and O–H groups in total. The van der Waals surface area contributed by atoms with E-state index >= 15 is 0 Å². The van der Waals surface area contributed by atoms with Crippen LogP contribution >= 0.6 is 12.4 Å². The average molecular weight is 423 g/mol. The maximum absolute atomic E-state index is 12.7. The minimum Gasteiger partial charge on any atom is -0.493 e. The van der Waals surface area contributed by atoms with E-state index in [-0.39, 0.29) is 30.9 Å². The number of benzene rings is 1. The Hall–Kier alpha value is -2.55. The Balaban J connectivity index is 0.00000300. The summed E-state index contributed by atoms with van der Waals surface area (Å²) in [5.41, 5.74) is 1.68. The van der Waals surface area contributed by atoms with Gasteiger partial charge in [0.05, 0.1) is 27.9 Å². The molecule has 1 aromatic carbocycles. The Kier molecular flexibility index (Phi) is 8.50. The quantitative estimate of drug-likeness (QED) is 0.706. The van der Waals surface area contributed by atoms with Crippen molar-refractivity contribution in [3.63, 3.8) is 0 Å². The Labute approximate surface area is 177 Å². The van der Waals surface area contributed by atoms with Crippen LogP contribution in [-0.4, -0.2) is 63.3 Å². The molecule has 2 aromatic rings. The van der Waals surface area contributed by atoms with Gasteiger partial charge in [0.2, 0.25) is 11.7 Å². The van der Waals surface area contributed by atoms with E-state index in [1.54, 1.807) is 39.7 Å². The molecule has 0 radical (unpaired) electrons. The van der Waals surface area contributed by atoms with Gasteiger partial charge < -0.3 is 24.8 Å². The fraction of sp³-hybridized carbons (Fsp3) is 0.400. The van der Waals surface area contributed by atoms with Crippen molar-refractivity contribution in [1.29, 1.82) is 0 Å². The first-order valence-electron chi connectivity index (χ1n) is 9.10. The molecule has 1 fully saturated rings. The maximum atomic E-state index is 12.7. The van der Waals surface area contributed by atoms with E-state index in [9.17, 15) is 4.79 Å². The van der Waals surface area contributed by atoms with Gasteiger partial charge in [-0.25, -0.2) is 0 Å². The van der Waals surface area contributed by atoms with Gasteiger partial charge in [-0.2, -0.15) is 0 Å². The first kappa shape index (κ1) is 22.7. The number of rotatable bonds is 7. The minimum atomic E-state index is -0.106. The smallest absolute Gasteiger partial charge is 0.238 e. The highest BCUT2D eigenvalue weighted by molar-refractivity contribution is 5.93. The highest BCUT2D eigenvalue weighted by atomic mass is 35.5. The van der Waals surface area contributed by atoms with Gasteiger partial charge in [-0.1, -0.05) is 6.07 Å². The highest BCUT2D eigenvalue weighted by Gasteiger charge is 2.26. The van der Waals surface area contributed by atoms with E-state index < -0.39 is 0 Å². The summed E-state index contributed by atoms with van der Waals surface area (Å²) in [4.78, 5) is 19.1. The van der Waals surface area contributed by atoms with Crippen LogP contribution in [0.25, 0.3) is 0 Å². The molecule has 0 aliphatic carbocycles. The lowest BCUT2D eigenvalue weighted by Gasteiger charge is -2.35. The molecule has 0 spiro atoms. The zero-order valence-electron chi connectivity index (χ0n) is 16.8. The highest BCUT2D eigenvalue weighted by Crippen LogP contribution is 2.39. The van der Waals surface area contributed by atoms with Crippen LogP contribution in [0.5, 0.6) is 17.2 Å². The molecule has 1 atom stereocenters. The van der Waals surface area contributed by atoms with Gasteiger partial charge in [-0.15, -0.1) is 12.4 Å². The number of aromatic nitrogens is 1. The molecule has 29 heavy (non-hydrogen) atoms. The Morgan fingerprint density at radius 1 is 1.24 bits per heavy atom. The molecule has 0 bridgehead atoms. The van der Waals surface area contributed by atoms with Crippen molar-refractivity contribution in [2.75, 3.05) is 52.8 Å². The summed E-state index contributed by atoms with van der Waals surface area (Å²) in [5.74, 6) is 1.37. The number of piperazine rings is 1. The van der Waals surface area contributed by atoms with Gasteiger partial charge in [0.1, 0.15) is 0 Å². The van der Waals surface area contributed by atoms with Crippen molar-refractivity contribution in [3.05, 3.63) is 42.2 Å². The number of hydrogen-bond acceptors (Lipinski definition) is 7. The number of pyridine rings is 1. The second-order valence-corrected chi connectivity index (χ2v) is 6.44. The zero-order valence-corrected chi connectivity index (χ0v) is 17.6. The van der Waals surface area contributed by atoms with E-state index in [0.29, 0.717) is 22.9 Å². The van der Waals surface area contributed by atoms with Crippen LogP contribution in [0.3, 0.4) is 0 Å². The molecule has 9 heteroatoms. The SMILES string of the molecule is COc1cc(NC(=O)CN2CCNCC2c2cccnc2)cc(OC)c1OC.Cl. The number of nitrogens with zero attached hydrogens (tertiary/aromatic N) is 2. The number of nitrogens with one attached hydrogen (secondary N) is 2. The number of ether oxygens (including phenoxy) is 3. The summed E-state index contributed by atoms with van der Waals surface area (Å²) < 4.78 is 16.0. The third kappa shape index (κ3) is 5.50. The molecule has 158 valence electrons. The molecule has 1 saturated heterocycles. The third-order valence-corrected chi connectivity index (χ3v) is 4.72. The topological polar surface area (TPSA) is 85.0 Å². The van der Waals surface area contributed by atoms with Gasteiger partial charge in [0.25, 0.3) is 0 Å². The molecule has 1 aliphatic rings. The van der Waals surface area contributed by atoms with Crippen molar-refractivity contribution in [2.24, 2.45) is 0 Å². The predicted octanol–water partition coefficient (Wildman–Crippen LogP) is 2.11. The number of hydrogen-bond donors (Lipinski definition) is 2. The van der Waals surface area contributed by atoms with Crippen LogP contribution in [0, 0.1) is 0 Å². The fourth-order valence-corrected chi connectivity index (χ4v) is 3.38. The van der Waals surface area contributed by atoms with E-state index in [4.69, 9.17) is 14.2 Å². The molecule has 2 heterocycles. The van der Waals surface area contributed by atoms with Crippen molar-refractivity contribution in [3.8, 4) is 17.2 Å². The van der Waals surface area contributed by atoms with Crippen LogP contribution < -0.4 is 24.8 Å². The summed E-state index contributed by atoms with van der Waals surface area (Å²) in [5, 5.41) is 6.31. The molecule has 1 aromatic heterocycles. The summed E-state index contributed by atoms with van der Waals surface area (Å²) in [6.45, 7) is 2.68. The van der Waals surface area contributed by atoms with Crippen LogP contribution in [0.1, 0.15) is 11.6 Å². The molecule has 0 saturated carbocycles. The number of methoxy groups -OCH3 is 3. The molecule has 1 unspecified atom stereocenters. The summed E-state index contributed by atoms with van der Waals surface area (Å²) >= 11 is 0. The van der Waals surface area contributed by atoms with E-state index in [1.807, 2.05) is 18.3 Å². The molecular formula is C20H27ClN4O4. The lowest BCUT2D eigenvalue weighted by Crippen LogP contribution is -2.48. The fourth-order valence-electron chi connectivity index (χ4n) is 3.38. The molecule has 1 amide bonds. The Morgan fingerprint density at radius 3 is 2.55 bits per heavy atom. The maximum Gasteiger partial charge on any atom is 0.238 e. The van der Waals surface area contributed by atoms with Gasteiger partial charge in [0.15, 0.2) is 11.5 Å². The van der Waals surface area contributed by atoms with Crippen molar-refractivity contribution >= 4 is 24.0 Å². The van der Waals surface area contributed by atoms with E-state index in [1.165, 1.54) is 0 Å². The summed E-state index contributed by atoms with van der Waals surface area (Å²) in [6, 6.07) is 7.49. The van der Waals surface area contributed by atoms with Crippen LogP contribution in [-0.2, 0) is 4.79 Å². The largest absolute Gasteiger partial charge is 0.493 e. The first-order chi connectivity index (χ1) is 13.7. The average Bonchev–Trinajstić information content (AvgIpc) is 2.73. The molecule has 3 rings (SSSR count). The number of carbonyl (C=O) groups is 1. The second-order valence-electron chi connectivity index (χ2n) is 6.44. The summed E-state index contributed by atoms with van der Waals surface area (Å²) in [6.07, 6.45) is 3.60. The van der Waals surface area contributed by atoms with Crippen LogP contribution in [0.4, 0.5) is 5.69 Å². The predicted molar refractivity (Wildman–Crippen MR) is 113 cm³/mol. The molecule has 8 nitrogen and oxygen atoms in total. The van der Waals surface area contributed by atoms with Crippen molar-refractivity contribution in [2.45, 2.75) is 6.04 Å². The first-order valence-corrected chi connectivity index (χ1v) is 9.10. The van der Waals surface area contributed by atoms with Gasteiger partial charge >= 0.3 is 0 Å². The van der Waals surface area contributed by atoms with Gasteiger partial charge in [-0.3, -0.25) is 14.7 Å². The monoisotopic (exact) mass is 422 g/mol. The third-order valence-electron chi connectivity index (χ3n) is 4.72. The minimum absolute atomic E-state index is 0. The van der Waals surface area contributed by atoms with Crippen molar-refractivity contribution in [1.82, 2.24) is 15.2 Å². The summed E-state index contributed by atoms with van der Waals surface area (Å²) in [7, 11) is 4.63. The molecule has 1 aliphatic heterocycles. The number of halogens is 1. The zero-order chi connectivity index (χ0) is 19.9. The lowest BCUT2D eigenvalue weighted by molar-refractivity contribution is -0.118. The van der Waals surface area contributed by atoms with Gasteiger partial charge in [0, 0.05) is 55.9 Å². The van der Waals surface area contributed by atoms with Crippen molar-refractivity contribution < 1.29 is 19.0 Å². The van der Waals surface area contributed by atoms with Crippen LogP contribution in [0.2, 0.25) is 0 Å². The lowest BCUT2D eigenvalue weighted by atomic mass is 10.1. The molecular weight excluding hydrogens is 396 g/mol. The number of amides is 1. The Bertz CT molecular complexity index is 781. The van der Waals surface area contributed by atoms with Crippen LogP contribution in [0.15, 0.2) is 36.7 Å². The number of carbonyl (C=O) groups excluding carboxylic acids is 1. The standard InChI is InChI=1S/C20H26N4O4.ClH/c1-26-17-9-15(10-18(27-2)20(17)28-3)23-19(25)13-24-8-7-22-12-16(24)14-5-4-6-21-11-14;/h4-6,9-11,16,22H,7-8,12-13H2,1-3H3,(H,23,25);1H.